The number of benzene rings is 2. The van der Waals surface area contributed by atoms with Gasteiger partial charge in [-0.2, -0.15) is 0 Å². The lowest BCUT2D eigenvalue weighted by molar-refractivity contribution is 0.168. The molecule has 2 aromatic carbocycles. The van der Waals surface area contributed by atoms with Crippen molar-refractivity contribution in [3.8, 4) is 0 Å². The number of imidazole rings is 1. The Morgan fingerprint density at radius 3 is 2.88 bits per heavy atom. The molecule has 0 saturated carbocycles. The third-order valence-electron chi connectivity index (χ3n) is 3.62. The van der Waals surface area contributed by atoms with Crippen LogP contribution in [0.2, 0.25) is 0 Å². The number of amides is 1. The SMILES string of the molecule is CCOC(=O)Nc1cc(NCCc2ccccc2)c2nc[nH]c2c1. The number of hydrogen-bond acceptors (Lipinski definition) is 4. The van der Waals surface area contributed by atoms with Gasteiger partial charge in [0, 0.05) is 12.2 Å². The maximum atomic E-state index is 11.6. The van der Waals surface area contributed by atoms with Gasteiger partial charge in [-0.15, -0.1) is 0 Å². The number of carbonyl (C=O) groups is 1. The summed E-state index contributed by atoms with van der Waals surface area (Å²) in [6.07, 6.45) is 2.08. The third-order valence-corrected chi connectivity index (χ3v) is 3.62. The fourth-order valence-corrected chi connectivity index (χ4v) is 2.53. The van der Waals surface area contributed by atoms with Gasteiger partial charge in [0.25, 0.3) is 0 Å². The summed E-state index contributed by atoms with van der Waals surface area (Å²) in [5.74, 6) is 0. The van der Waals surface area contributed by atoms with E-state index < -0.39 is 6.09 Å². The second kappa shape index (κ2) is 7.50. The number of fused-ring (bicyclic) bond motifs is 1. The van der Waals surface area contributed by atoms with Crippen LogP contribution in [0, 0.1) is 0 Å². The van der Waals surface area contributed by atoms with E-state index in [0.29, 0.717) is 12.3 Å². The second-order valence-electron chi connectivity index (χ2n) is 5.33. The number of ether oxygens (including phenoxy) is 1. The summed E-state index contributed by atoms with van der Waals surface area (Å²) >= 11 is 0. The van der Waals surface area contributed by atoms with Crippen LogP contribution in [-0.2, 0) is 11.2 Å². The van der Waals surface area contributed by atoms with E-state index in [1.807, 2.05) is 30.3 Å². The van der Waals surface area contributed by atoms with Gasteiger partial charge in [-0.25, -0.2) is 9.78 Å². The maximum absolute atomic E-state index is 11.6. The van der Waals surface area contributed by atoms with Crippen molar-refractivity contribution in [2.45, 2.75) is 13.3 Å². The lowest BCUT2D eigenvalue weighted by Gasteiger charge is -2.11. The number of aromatic amines is 1. The van der Waals surface area contributed by atoms with Gasteiger partial charge in [-0.05, 0) is 31.0 Å². The number of rotatable bonds is 6. The Morgan fingerprint density at radius 2 is 2.08 bits per heavy atom. The molecule has 3 aromatic rings. The van der Waals surface area contributed by atoms with Crippen molar-refractivity contribution in [1.29, 1.82) is 0 Å². The molecule has 1 amide bonds. The number of aromatic nitrogens is 2. The molecule has 0 saturated heterocycles. The lowest BCUT2D eigenvalue weighted by atomic mass is 10.1. The third kappa shape index (κ3) is 3.84. The Kier molecular flexibility index (Phi) is 4.96. The molecule has 0 bridgehead atoms. The molecular weight excluding hydrogens is 304 g/mol. The van der Waals surface area contributed by atoms with Crippen LogP contribution in [0.15, 0.2) is 48.8 Å². The first-order valence-corrected chi connectivity index (χ1v) is 7.95. The summed E-state index contributed by atoms with van der Waals surface area (Å²) < 4.78 is 4.92. The molecule has 124 valence electrons. The Balaban J connectivity index is 1.73. The average Bonchev–Trinajstić information content (AvgIpc) is 3.04. The molecule has 0 atom stereocenters. The molecule has 0 fully saturated rings. The van der Waals surface area contributed by atoms with E-state index in [0.717, 1.165) is 29.7 Å². The molecule has 0 unspecified atom stereocenters. The van der Waals surface area contributed by atoms with Gasteiger partial charge in [-0.1, -0.05) is 30.3 Å². The normalized spacial score (nSPS) is 10.5. The van der Waals surface area contributed by atoms with Crippen LogP contribution in [-0.4, -0.2) is 29.2 Å². The summed E-state index contributed by atoms with van der Waals surface area (Å²) in [6.45, 7) is 2.88. The summed E-state index contributed by atoms with van der Waals surface area (Å²) in [7, 11) is 0. The predicted octanol–water partition coefficient (Wildman–Crippen LogP) is 3.79. The Labute approximate surface area is 140 Å². The largest absolute Gasteiger partial charge is 0.450 e. The second-order valence-corrected chi connectivity index (χ2v) is 5.33. The van der Waals surface area contributed by atoms with Crippen LogP contribution in [0.3, 0.4) is 0 Å². The van der Waals surface area contributed by atoms with Crippen LogP contribution < -0.4 is 10.6 Å². The van der Waals surface area contributed by atoms with Gasteiger partial charge in [-0.3, -0.25) is 5.32 Å². The smallest absolute Gasteiger partial charge is 0.411 e. The minimum Gasteiger partial charge on any atom is -0.450 e. The first-order valence-electron chi connectivity index (χ1n) is 7.95. The van der Waals surface area contributed by atoms with E-state index >= 15 is 0 Å². The summed E-state index contributed by atoms with van der Waals surface area (Å²) in [6, 6.07) is 14.0. The summed E-state index contributed by atoms with van der Waals surface area (Å²) in [5.41, 5.74) is 4.50. The number of anilines is 2. The van der Waals surface area contributed by atoms with Crippen molar-refractivity contribution in [1.82, 2.24) is 9.97 Å². The highest BCUT2D eigenvalue weighted by Gasteiger charge is 2.09. The minimum atomic E-state index is -0.466. The van der Waals surface area contributed by atoms with Crippen LogP contribution in [0.1, 0.15) is 12.5 Å². The topological polar surface area (TPSA) is 79.0 Å². The van der Waals surface area contributed by atoms with E-state index in [4.69, 9.17) is 4.74 Å². The highest BCUT2D eigenvalue weighted by atomic mass is 16.5. The molecule has 1 heterocycles. The number of nitrogens with one attached hydrogen (secondary N) is 3. The Hall–Kier alpha value is -3.02. The molecule has 0 aliphatic carbocycles. The van der Waals surface area contributed by atoms with E-state index in [-0.39, 0.29) is 0 Å². The molecule has 3 rings (SSSR count). The van der Waals surface area contributed by atoms with E-state index in [9.17, 15) is 4.79 Å². The zero-order valence-electron chi connectivity index (χ0n) is 13.5. The molecule has 0 spiro atoms. The van der Waals surface area contributed by atoms with Crippen molar-refractivity contribution in [2.75, 3.05) is 23.8 Å². The summed E-state index contributed by atoms with van der Waals surface area (Å²) in [5, 5.41) is 6.12. The van der Waals surface area contributed by atoms with Crippen LogP contribution in [0.4, 0.5) is 16.2 Å². The quantitative estimate of drug-likeness (QED) is 0.644. The minimum absolute atomic E-state index is 0.334. The van der Waals surface area contributed by atoms with Gasteiger partial charge in [0.15, 0.2) is 0 Å². The van der Waals surface area contributed by atoms with E-state index in [1.165, 1.54) is 5.56 Å². The fraction of sp³-hybridized carbons (Fsp3) is 0.222. The first-order chi connectivity index (χ1) is 11.8. The first kappa shape index (κ1) is 15.9. The molecule has 24 heavy (non-hydrogen) atoms. The van der Waals surface area contributed by atoms with Crippen molar-refractivity contribution in [3.05, 3.63) is 54.4 Å². The molecule has 0 radical (unpaired) electrons. The molecule has 3 N–H and O–H groups in total. The molecule has 1 aromatic heterocycles. The summed E-state index contributed by atoms with van der Waals surface area (Å²) in [4.78, 5) is 19.0. The van der Waals surface area contributed by atoms with Crippen molar-refractivity contribution < 1.29 is 9.53 Å². The lowest BCUT2D eigenvalue weighted by Crippen LogP contribution is -2.13. The number of carbonyl (C=O) groups excluding carboxylic acids is 1. The Bertz CT molecular complexity index is 814. The van der Waals surface area contributed by atoms with Gasteiger partial charge in [0.05, 0.1) is 24.1 Å². The molecule has 6 heteroatoms. The predicted molar refractivity (Wildman–Crippen MR) is 95.4 cm³/mol. The highest BCUT2D eigenvalue weighted by molar-refractivity contribution is 5.95. The van der Waals surface area contributed by atoms with Crippen molar-refractivity contribution >= 4 is 28.5 Å². The zero-order valence-corrected chi connectivity index (χ0v) is 13.5. The van der Waals surface area contributed by atoms with Gasteiger partial charge >= 0.3 is 6.09 Å². The zero-order chi connectivity index (χ0) is 16.8. The van der Waals surface area contributed by atoms with Crippen LogP contribution in [0.5, 0.6) is 0 Å². The maximum Gasteiger partial charge on any atom is 0.411 e. The Morgan fingerprint density at radius 1 is 1.25 bits per heavy atom. The highest BCUT2D eigenvalue weighted by Crippen LogP contribution is 2.25. The van der Waals surface area contributed by atoms with Crippen LogP contribution in [0.25, 0.3) is 11.0 Å². The van der Waals surface area contributed by atoms with Crippen LogP contribution >= 0.6 is 0 Å². The molecular formula is C18H20N4O2. The van der Waals surface area contributed by atoms with Gasteiger partial charge < -0.3 is 15.0 Å². The fourth-order valence-electron chi connectivity index (χ4n) is 2.53. The van der Waals surface area contributed by atoms with Gasteiger partial charge in [0.2, 0.25) is 0 Å². The molecule has 0 aliphatic heterocycles. The molecule has 0 aliphatic rings. The van der Waals surface area contributed by atoms with Crippen molar-refractivity contribution in [2.24, 2.45) is 0 Å². The van der Waals surface area contributed by atoms with E-state index in [2.05, 4.69) is 32.7 Å². The number of H-pyrrole nitrogens is 1. The van der Waals surface area contributed by atoms with Crippen molar-refractivity contribution in [3.63, 3.8) is 0 Å². The molecule has 6 nitrogen and oxygen atoms in total. The standard InChI is InChI=1S/C18H20N4O2/c1-2-24-18(23)22-14-10-15(17-16(11-14)20-12-21-17)19-9-8-13-6-4-3-5-7-13/h3-7,10-12,19H,2,8-9H2,1H3,(H,20,21)(H,22,23). The number of hydrogen-bond donors (Lipinski definition) is 3. The number of nitrogens with zero attached hydrogens (tertiary/aromatic N) is 1. The van der Waals surface area contributed by atoms with Gasteiger partial charge in [0.1, 0.15) is 5.52 Å². The average molecular weight is 324 g/mol. The van der Waals surface area contributed by atoms with E-state index in [1.54, 1.807) is 13.3 Å². The monoisotopic (exact) mass is 324 g/mol.